The molecule has 1 aliphatic rings. The number of para-hydroxylation sites is 1. The van der Waals surface area contributed by atoms with Crippen molar-refractivity contribution in [3.63, 3.8) is 0 Å². The van der Waals surface area contributed by atoms with Crippen LogP contribution in [0.15, 0.2) is 54.7 Å². The van der Waals surface area contributed by atoms with Crippen LogP contribution < -0.4 is 19.7 Å². The molecule has 0 radical (unpaired) electrons. The lowest BCUT2D eigenvalue weighted by Gasteiger charge is -2.34. The van der Waals surface area contributed by atoms with E-state index in [1.54, 1.807) is 12.3 Å². The minimum absolute atomic E-state index is 0.347. The first-order valence-electron chi connectivity index (χ1n) is 10.0. The lowest BCUT2D eigenvalue weighted by molar-refractivity contribution is -0.660. The van der Waals surface area contributed by atoms with Crippen molar-refractivity contribution in [2.45, 2.75) is 26.9 Å². The van der Waals surface area contributed by atoms with E-state index in [9.17, 15) is 0 Å². The summed E-state index contributed by atoms with van der Waals surface area (Å²) in [7, 11) is -0.101. The van der Waals surface area contributed by atoms with Crippen molar-refractivity contribution in [3.05, 3.63) is 65.9 Å². The second kappa shape index (κ2) is 5.56. The molecule has 126 valence electrons. The van der Waals surface area contributed by atoms with Gasteiger partial charge in [0.15, 0.2) is 6.20 Å². The minimum atomic E-state index is -2.11. The van der Waals surface area contributed by atoms with Crippen LogP contribution in [-0.4, -0.2) is 8.07 Å². The SMILES string of the molecule is [2H]C([2H])([2H])c1ccc(-c2c(C)ccc3c2[Si](C)(C)c2ccccc2O3)[n+](C)c1. The fourth-order valence-electron chi connectivity index (χ4n) is 3.92. The first-order valence-corrected chi connectivity index (χ1v) is 11.5. The number of hydrogen-bond donors (Lipinski definition) is 0. The average molecular weight is 350 g/mol. The summed E-state index contributed by atoms with van der Waals surface area (Å²) in [6.07, 6.45) is 1.72. The number of rotatable bonds is 1. The van der Waals surface area contributed by atoms with Gasteiger partial charge in [0, 0.05) is 20.9 Å². The Balaban J connectivity index is 1.97. The smallest absolute Gasteiger partial charge is 0.212 e. The standard InChI is InChI=1S/C22H24NOSi/c1-15-10-12-17(23(3)14-15)21-16(2)11-13-19-22(21)25(4,5)20-9-7-6-8-18(20)24-19/h6-14H,1-5H3/q+1/i1D3. The molecule has 0 saturated heterocycles. The van der Waals surface area contributed by atoms with Crippen LogP contribution in [0.25, 0.3) is 11.3 Å². The summed E-state index contributed by atoms with van der Waals surface area (Å²) in [5.41, 5.74) is 3.67. The molecule has 0 saturated carbocycles. The van der Waals surface area contributed by atoms with Crippen LogP contribution in [0.5, 0.6) is 11.5 Å². The summed E-state index contributed by atoms with van der Waals surface area (Å²) in [6.45, 7) is 4.70. The average Bonchev–Trinajstić information content (AvgIpc) is 2.62. The number of ether oxygens (including phenoxy) is 1. The van der Waals surface area contributed by atoms with Crippen molar-refractivity contribution in [2.24, 2.45) is 7.05 Å². The maximum atomic E-state index is 7.69. The molecule has 0 aliphatic carbocycles. The van der Waals surface area contributed by atoms with Gasteiger partial charge in [-0.1, -0.05) is 37.4 Å². The first kappa shape index (κ1) is 12.9. The van der Waals surface area contributed by atoms with E-state index < -0.39 is 14.9 Å². The summed E-state index contributed by atoms with van der Waals surface area (Å²) in [4.78, 5) is 0. The van der Waals surface area contributed by atoms with E-state index in [1.165, 1.54) is 15.9 Å². The van der Waals surface area contributed by atoms with E-state index >= 15 is 0 Å². The molecule has 0 spiro atoms. The quantitative estimate of drug-likeness (QED) is 0.482. The number of benzene rings is 2. The zero-order chi connectivity index (χ0) is 20.3. The van der Waals surface area contributed by atoms with Gasteiger partial charge in [0.05, 0.1) is 5.56 Å². The minimum Gasteiger partial charge on any atom is -0.458 e. The second-order valence-electron chi connectivity index (χ2n) is 7.27. The molecule has 3 aromatic rings. The molecule has 1 aliphatic heterocycles. The molecule has 0 unspecified atom stereocenters. The number of hydrogen-bond acceptors (Lipinski definition) is 1. The highest BCUT2D eigenvalue weighted by molar-refractivity contribution is 7.02. The summed E-state index contributed by atoms with van der Waals surface area (Å²) in [6, 6.07) is 16.1. The highest BCUT2D eigenvalue weighted by Gasteiger charge is 2.40. The third kappa shape index (κ3) is 2.42. The first-order chi connectivity index (χ1) is 13.1. The van der Waals surface area contributed by atoms with Crippen LogP contribution >= 0.6 is 0 Å². The molecule has 2 aromatic carbocycles. The Labute approximate surface area is 155 Å². The van der Waals surface area contributed by atoms with Gasteiger partial charge < -0.3 is 4.74 Å². The monoisotopic (exact) mass is 349 g/mol. The Hall–Kier alpha value is -2.39. The summed E-state index contributed by atoms with van der Waals surface area (Å²) >= 11 is 0. The van der Waals surface area contributed by atoms with Crippen molar-refractivity contribution in [1.29, 1.82) is 0 Å². The van der Waals surface area contributed by atoms with Crippen LogP contribution in [0, 0.1) is 13.8 Å². The van der Waals surface area contributed by atoms with Gasteiger partial charge in [0.25, 0.3) is 0 Å². The molecule has 25 heavy (non-hydrogen) atoms. The third-order valence-corrected chi connectivity index (χ3v) is 8.68. The topological polar surface area (TPSA) is 13.1 Å². The Bertz CT molecular complexity index is 1090. The molecule has 0 bridgehead atoms. The van der Waals surface area contributed by atoms with Gasteiger partial charge >= 0.3 is 0 Å². The second-order valence-corrected chi connectivity index (χ2v) is 11.6. The Kier molecular flexibility index (Phi) is 2.87. The molecular weight excluding hydrogens is 322 g/mol. The normalized spacial score (nSPS) is 16.7. The Morgan fingerprint density at radius 3 is 2.56 bits per heavy atom. The highest BCUT2D eigenvalue weighted by atomic mass is 28.3. The van der Waals surface area contributed by atoms with Gasteiger partial charge in [-0.05, 0) is 42.7 Å². The van der Waals surface area contributed by atoms with Gasteiger partial charge in [-0.25, -0.2) is 4.57 Å². The number of aryl methyl sites for hydroxylation is 3. The summed E-state index contributed by atoms with van der Waals surface area (Å²) in [5, 5.41) is 2.56. The Morgan fingerprint density at radius 1 is 1.00 bits per heavy atom. The molecule has 3 heteroatoms. The van der Waals surface area contributed by atoms with Crippen molar-refractivity contribution < 1.29 is 13.4 Å². The molecule has 0 N–H and O–H groups in total. The zero-order valence-corrected chi connectivity index (χ0v) is 16.1. The van der Waals surface area contributed by atoms with Gasteiger partial charge in [-0.2, -0.15) is 0 Å². The van der Waals surface area contributed by atoms with Gasteiger partial charge in [0.2, 0.25) is 5.69 Å². The zero-order valence-electron chi connectivity index (χ0n) is 18.1. The van der Waals surface area contributed by atoms with Gasteiger partial charge in [0.1, 0.15) is 26.6 Å². The number of fused-ring (bicyclic) bond motifs is 2. The van der Waals surface area contributed by atoms with Gasteiger partial charge in [-0.15, -0.1) is 0 Å². The van der Waals surface area contributed by atoms with Crippen molar-refractivity contribution in [1.82, 2.24) is 0 Å². The van der Waals surface area contributed by atoms with Crippen LogP contribution in [0.4, 0.5) is 0 Å². The maximum absolute atomic E-state index is 7.69. The van der Waals surface area contributed by atoms with Crippen molar-refractivity contribution in [3.8, 4) is 22.8 Å². The van der Waals surface area contributed by atoms with E-state index in [-0.39, 0.29) is 0 Å². The van der Waals surface area contributed by atoms with Crippen LogP contribution in [0.3, 0.4) is 0 Å². The van der Waals surface area contributed by atoms with Crippen molar-refractivity contribution >= 4 is 18.4 Å². The fraction of sp³-hybridized carbons (Fsp3) is 0.227. The molecule has 4 rings (SSSR count). The van der Waals surface area contributed by atoms with E-state index in [0.29, 0.717) is 5.56 Å². The number of pyridine rings is 1. The predicted octanol–water partition coefficient (Wildman–Crippen LogP) is 3.72. The van der Waals surface area contributed by atoms with Crippen LogP contribution in [0.1, 0.15) is 15.2 Å². The van der Waals surface area contributed by atoms with E-state index in [2.05, 4.69) is 44.3 Å². The van der Waals surface area contributed by atoms with Crippen LogP contribution in [-0.2, 0) is 7.05 Å². The van der Waals surface area contributed by atoms with E-state index in [4.69, 9.17) is 8.85 Å². The Morgan fingerprint density at radius 2 is 1.80 bits per heavy atom. The summed E-state index contributed by atoms with van der Waals surface area (Å²) < 4.78 is 31.3. The molecule has 0 fully saturated rings. The summed E-state index contributed by atoms with van der Waals surface area (Å²) in [5.74, 6) is 1.86. The largest absolute Gasteiger partial charge is 0.458 e. The third-order valence-electron chi connectivity index (χ3n) is 5.17. The molecular formula is C22H24NOSi+. The molecule has 1 aromatic heterocycles. The maximum Gasteiger partial charge on any atom is 0.212 e. The van der Waals surface area contributed by atoms with Crippen LogP contribution in [0.2, 0.25) is 13.1 Å². The molecule has 0 amide bonds. The lowest BCUT2D eigenvalue weighted by atomic mass is 10.0. The van der Waals surface area contributed by atoms with Crippen molar-refractivity contribution in [2.75, 3.05) is 0 Å². The highest BCUT2D eigenvalue weighted by Crippen LogP contribution is 2.34. The fourth-order valence-corrected chi connectivity index (χ4v) is 7.15. The lowest BCUT2D eigenvalue weighted by Crippen LogP contribution is -2.57. The predicted molar refractivity (Wildman–Crippen MR) is 106 cm³/mol. The number of aromatic nitrogens is 1. The number of nitrogens with zero attached hydrogens (tertiary/aromatic N) is 1. The molecule has 0 atom stereocenters. The van der Waals surface area contributed by atoms with E-state index in [1.807, 2.05) is 29.8 Å². The van der Waals surface area contributed by atoms with Gasteiger partial charge in [-0.3, -0.25) is 0 Å². The van der Waals surface area contributed by atoms with E-state index in [0.717, 1.165) is 22.8 Å². The molecule has 2 heterocycles. The molecule has 2 nitrogen and oxygen atoms in total.